The summed E-state index contributed by atoms with van der Waals surface area (Å²) in [7, 11) is 0. The monoisotopic (exact) mass is 776 g/mol. The van der Waals surface area contributed by atoms with Gasteiger partial charge >= 0.3 is 65.1 Å². The summed E-state index contributed by atoms with van der Waals surface area (Å²) in [5, 5.41) is 44.7. The first-order valence-corrected chi connectivity index (χ1v) is 17.2. The summed E-state index contributed by atoms with van der Waals surface area (Å²) >= 11 is 0. The fourth-order valence-corrected chi connectivity index (χ4v) is 7.61. The molecule has 0 saturated carbocycles. The molecule has 0 spiro atoms. The molecule has 4 N–H and O–H groups in total. The standard InChI is InChI=1S/C20H18N2O5.C20H16N2O4.2Na.H2O/c1-2-20(27,19(25)26)14-8-16-17-12(9-22(16)18(24)13(14)10-23)7-11-5-3-4-6-15(11)21-17;1-2-20(25)14-8-16-17-12(7-11-5-3-4-6-15(11)21-17)9-22(16)18(23)13(14)10-26-19(20)24;;;/h3-8,23,27H,2,9-10H2,1H3,(H,25,26);3-8,25H,2,9-10H2,1H3;;;1H2/q;;2*+1;/p-2/t2*20-;;;/m00.../s1. The molecule has 0 unspecified atom stereocenters. The van der Waals surface area contributed by atoms with Crippen LogP contribution in [0.4, 0.5) is 0 Å². The minimum atomic E-state index is -2.37. The van der Waals surface area contributed by atoms with Crippen molar-refractivity contribution in [2.24, 2.45) is 0 Å². The van der Waals surface area contributed by atoms with Gasteiger partial charge in [-0.2, -0.15) is 0 Å². The molecule has 276 valence electrons. The number of aliphatic hydroxyl groups excluding tert-OH is 1. The van der Waals surface area contributed by atoms with Crippen LogP contribution in [0.3, 0.4) is 0 Å². The number of esters is 1. The van der Waals surface area contributed by atoms with E-state index in [-0.39, 0.29) is 107 Å². The number of fused-ring (bicyclic) bond motifs is 9. The van der Waals surface area contributed by atoms with Gasteiger partial charge < -0.3 is 44.6 Å². The SMILES string of the molecule is CC[C@@](O)(C(=O)[O-])c1cc2n(c(=O)c1CO)Cc1cc3ccccc3nc1-2.CC[C@@]1(O)C(=O)OCc2c1cc1n(c2=O)Cc2cc3ccccc3nc2-1.[Na+].[Na+].[OH-]. The summed E-state index contributed by atoms with van der Waals surface area (Å²) in [5.41, 5.74) is 1.16. The normalized spacial score (nSPS) is 16.6. The Morgan fingerprint density at radius 1 is 0.857 bits per heavy atom. The Kier molecular flexibility index (Phi) is 12.4. The molecule has 0 aliphatic carbocycles. The Morgan fingerprint density at radius 3 is 1.88 bits per heavy atom. The van der Waals surface area contributed by atoms with Crippen molar-refractivity contribution in [1.29, 1.82) is 0 Å². The molecule has 0 bridgehead atoms. The number of aliphatic carboxylic acids is 1. The zero-order chi connectivity index (χ0) is 37.4. The molecule has 3 aliphatic heterocycles. The minimum Gasteiger partial charge on any atom is -0.870 e. The van der Waals surface area contributed by atoms with Gasteiger partial charge in [0.25, 0.3) is 11.1 Å². The van der Waals surface area contributed by atoms with E-state index in [9.17, 15) is 39.6 Å². The van der Waals surface area contributed by atoms with Crippen molar-refractivity contribution in [3.8, 4) is 22.8 Å². The van der Waals surface area contributed by atoms with Crippen molar-refractivity contribution in [2.45, 2.75) is 64.2 Å². The Hall–Kier alpha value is -4.06. The third-order valence-electron chi connectivity index (χ3n) is 10.6. The first-order chi connectivity index (χ1) is 25.4. The summed E-state index contributed by atoms with van der Waals surface area (Å²) in [5.74, 6) is -2.42. The predicted molar refractivity (Wildman–Crippen MR) is 192 cm³/mol. The predicted octanol–water partition coefficient (Wildman–Crippen LogP) is -3.82. The number of rotatable bonds is 5. The van der Waals surface area contributed by atoms with Crippen molar-refractivity contribution >= 4 is 33.7 Å². The van der Waals surface area contributed by atoms with E-state index in [1.807, 2.05) is 60.7 Å². The molecule has 0 radical (unpaired) electrons. The van der Waals surface area contributed by atoms with E-state index in [1.165, 1.54) is 17.6 Å². The van der Waals surface area contributed by atoms with Crippen LogP contribution in [-0.4, -0.2) is 51.8 Å². The molecule has 0 amide bonds. The first-order valence-electron chi connectivity index (χ1n) is 17.2. The number of aliphatic hydroxyl groups is 3. The Balaban J connectivity index is 0.000000203. The van der Waals surface area contributed by atoms with E-state index in [0.29, 0.717) is 34.8 Å². The number of carboxylic acid groups (broad SMARTS) is 1. The van der Waals surface area contributed by atoms with Crippen molar-refractivity contribution in [2.75, 3.05) is 0 Å². The van der Waals surface area contributed by atoms with Gasteiger partial charge in [-0.3, -0.25) is 9.59 Å². The molecule has 2 atom stereocenters. The van der Waals surface area contributed by atoms with Crippen LogP contribution >= 0.6 is 0 Å². The Bertz CT molecular complexity index is 2700. The fourth-order valence-electron chi connectivity index (χ4n) is 7.61. The van der Waals surface area contributed by atoms with Gasteiger partial charge in [0, 0.05) is 38.6 Å². The second-order valence-corrected chi connectivity index (χ2v) is 13.5. The number of carboxylic acids is 1. The van der Waals surface area contributed by atoms with Crippen molar-refractivity contribution in [3.63, 3.8) is 0 Å². The molecule has 56 heavy (non-hydrogen) atoms. The van der Waals surface area contributed by atoms with Gasteiger partial charge in [-0.05, 0) is 49.2 Å². The number of aromatic nitrogens is 4. The second-order valence-electron chi connectivity index (χ2n) is 13.5. The summed E-state index contributed by atoms with van der Waals surface area (Å²) in [6.07, 6.45) is -0.0665. The van der Waals surface area contributed by atoms with Gasteiger partial charge in [0.2, 0.25) is 0 Å². The van der Waals surface area contributed by atoms with E-state index in [2.05, 4.69) is 4.98 Å². The fraction of sp³-hybridized carbons (Fsp3) is 0.250. The van der Waals surface area contributed by atoms with Crippen LogP contribution in [0.25, 0.3) is 44.6 Å². The molecular formula is C40H34N4Na2O10. The topological polar surface area (TPSA) is 227 Å². The molecule has 16 heteroatoms. The molecular weight excluding hydrogens is 742 g/mol. The third kappa shape index (κ3) is 6.57. The average Bonchev–Trinajstić information content (AvgIpc) is 3.72. The van der Waals surface area contributed by atoms with Gasteiger partial charge in [-0.15, -0.1) is 0 Å². The molecule has 3 aliphatic rings. The molecule has 6 aromatic rings. The van der Waals surface area contributed by atoms with Crippen LogP contribution in [-0.2, 0) is 51.8 Å². The number of nitrogens with zero attached hydrogens (tertiary/aromatic N) is 4. The number of ether oxygens (including phenoxy) is 1. The van der Waals surface area contributed by atoms with Crippen LogP contribution in [0.2, 0.25) is 0 Å². The van der Waals surface area contributed by atoms with E-state index in [4.69, 9.17) is 9.72 Å². The van der Waals surface area contributed by atoms with Crippen LogP contribution in [0.5, 0.6) is 0 Å². The van der Waals surface area contributed by atoms with Crippen LogP contribution < -0.4 is 75.3 Å². The summed E-state index contributed by atoms with van der Waals surface area (Å²) in [6.45, 7) is 3.07. The number of benzene rings is 2. The molecule has 7 heterocycles. The number of hydrogen-bond acceptors (Lipinski definition) is 12. The largest absolute Gasteiger partial charge is 1.00 e. The second kappa shape index (κ2) is 16.1. The van der Waals surface area contributed by atoms with E-state index in [1.54, 1.807) is 17.6 Å². The molecule has 0 fully saturated rings. The maximum absolute atomic E-state index is 13.0. The van der Waals surface area contributed by atoms with E-state index < -0.39 is 35.3 Å². The molecule has 9 rings (SSSR count). The van der Waals surface area contributed by atoms with Crippen molar-refractivity contribution < 1.29 is 99.3 Å². The number of carbonyl (C=O) groups excluding carboxylic acids is 2. The van der Waals surface area contributed by atoms with Gasteiger partial charge in [0.05, 0.1) is 65.0 Å². The summed E-state index contributed by atoms with van der Waals surface area (Å²) < 4.78 is 8.16. The smallest absolute Gasteiger partial charge is 0.870 e. The molecule has 0 saturated heterocycles. The van der Waals surface area contributed by atoms with E-state index in [0.717, 1.165) is 38.6 Å². The molecule has 2 aromatic carbocycles. The van der Waals surface area contributed by atoms with Crippen molar-refractivity contribution in [3.05, 3.63) is 127 Å². The average molecular weight is 777 g/mol. The van der Waals surface area contributed by atoms with E-state index >= 15 is 0 Å². The zero-order valence-corrected chi connectivity index (χ0v) is 35.2. The molecule has 4 aromatic heterocycles. The molecule has 14 nitrogen and oxygen atoms in total. The maximum atomic E-state index is 13.0. The number of carbonyl (C=O) groups is 2. The van der Waals surface area contributed by atoms with Crippen LogP contribution in [0.15, 0.2) is 82.4 Å². The maximum Gasteiger partial charge on any atom is 1.00 e. The number of cyclic esters (lactones) is 1. The number of pyridine rings is 4. The summed E-state index contributed by atoms with van der Waals surface area (Å²) in [4.78, 5) is 59.0. The first kappa shape index (κ1) is 43.1. The Labute approximate surface area is 363 Å². The van der Waals surface area contributed by atoms with Gasteiger partial charge in [0.1, 0.15) is 12.2 Å². The third-order valence-corrected chi connectivity index (χ3v) is 10.6. The minimum absolute atomic E-state index is 0. The summed E-state index contributed by atoms with van der Waals surface area (Å²) in [6, 6.07) is 22.4. The quantitative estimate of drug-likeness (QED) is 0.113. The van der Waals surface area contributed by atoms with Gasteiger partial charge in [-0.1, -0.05) is 50.2 Å². The van der Waals surface area contributed by atoms with Crippen LogP contribution in [0, 0.1) is 0 Å². The van der Waals surface area contributed by atoms with Crippen LogP contribution in [0.1, 0.15) is 60.1 Å². The van der Waals surface area contributed by atoms with Crippen molar-refractivity contribution in [1.82, 2.24) is 19.1 Å². The number of para-hydroxylation sites is 2. The zero-order valence-electron chi connectivity index (χ0n) is 31.2. The number of hydrogen-bond donors (Lipinski definition) is 3. The van der Waals surface area contributed by atoms with Gasteiger partial charge in [-0.25, -0.2) is 14.8 Å². The Morgan fingerprint density at radius 2 is 1.38 bits per heavy atom. The van der Waals surface area contributed by atoms with Gasteiger partial charge in [0.15, 0.2) is 5.60 Å².